The number of benzene rings is 2. The van der Waals surface area contributed by atoms with Crippen LogP contribution in [0.5, 0.6) is 11.5 Å². The number of aromatic nitrogens is 2. The van der Waals surface area contributed by atoms with E-state index in [0.717, 1.165) is 35.1 Å². The third kappa shape index (κ3) is 6.60. The number of ether oxygens (including phenoxy) is 2. The number of nitrogens with one attached hydrogen (secondary N) is 2. The van der Waals surface area contributed by atoms with Gasteiger partial charge in [0.25, 0.3) is 0 Å². The van der Waals surface area contributed by atoms with E-state index in [4.69, 9.17) is 9.47 Å². The molecule has 1 aliphatic heterocycles. The number of carbonyl (C=O) groups excluding carboxylic acids is 1. The van der Waals surface area contributed by atoms with Gasteiger partial charge in [-0.3, -0.25) is 4.79 Å². The lowest BCUT2D eigenvalue weighted by atomic mass is 10.0. The quantitative estimate of drug-likeness (QED) is 0.394. The number of rotatable bonds is 11. The van der Waals surface area contributed by atoms with Crippen molar-refractivity contribution in [3.8, 4) is 11.5 Å². The Bertz CT molecular complexity index is 1130. The van der Waals surface area contributed by atoms with Crippen LogP contribution in [0, 0.1) is 0 Å². The predicted molar refractivity (Wildman–Crippen MR) is 139 cm³/mol. The van der Waals surface area contributed by atoms with E-state index in [1.165, 1.54) is 32.9 Å². The second-order valence-corrected chi connectivity index (χ2v) is 9.08. The summed E-state index contributed by atoms with van der Waals surface area (Å²) >= 11 is 0. The number of nitrogens with zero attached hydrogens (tertiary/aromatic N) is 3. The first kappa shape index (κ1) is 24.7. The molecular weight excluding hydrogens is 442 g/mol. The topological polar surface area (TPSA) is 88.6 Å². The van der Waals surface area contributed by atoms with Crippen molar-refractivity contribution in [1.82, 2.24) is 20.2 Å². The highest BCUT2D eigenvalue weighted by Crippen LogP contribution is 2.35. The summed E-state index contributed by atoms with van der Waals surface area (Å²) in [5.41, 5.74) is 2.86. The summed E-state index contributed by atoms with van der Waals surface area (Å²) in [6, 6.07) is 12.0. The maximum Gasteiger partial charge on any atom is 0.216 e. The highest BCUT2D eigenvalue weighted by molar-refractivity contribution is 5.93. The molecule has 3 aromatic rings. The van der Waals surface area contributed by atoms with Gasteiger partial charge >= 0.3 is 0 Å². The van der Waals surface area contributed by atoms with Gasteiger partial charge in [0, 0.05) is 37.2 Å². The summed E-state index contributed by atoms with van der Waals surface area (Å²) in [5.74, 6) is 2.28. The molecule has 0 spiro atoms. The maximum absolute atomic E-state index is 11.2. The van der Waals surface area contributed by atoms with E-state index in [0.29, 0.717) is 30.5 Å². The molecule has 2 aromatic carbocycles. The zero-order valence-corrected chi connectivity index (χ0v) is 20.8. The van der Waals surface area contributed by atoms with Gasteiger partial charge < -0.3 is 25.0 Å². The first-order valence-corrected chi connectivity index (χ1v) is 12.3. The summed E-state index contributed by atoms with van der Waals surface area (Å²) in [4.78, 5) is 22.6. The van der Waals surface area contributed by atoms with Crippen molar-refractivity contribution in [3.05, 3.63) is 48.3 Å². The molecule has 0 aliphatic carbocycles. The van der Waals surface area contributed by atoms with E-state index in [2.05, 4.69) is 44.6 Å². The van der Waals surface area contributed by atoms with Gasteiger partial charge in [0.05, 0.1) is 19.2 Å². The normalized spacial score (nSPS) is 14.6. The number of methoxy groups -OCH3 is 1. The van der Waals surface area contributed by atoms with Gasteiger partial charge in [0.2, 0.25) is 5.91 Å². The molecule has 1 amide bonds. The lowest BCUT2D eigenvalue weighted by Crippen LogP contribution is -2.24. The lowest BCUT2D eigenvalue weighted by Gasteiger charge is -2.16. The van der Waals surface area contributed by atoms with Crippen molar-refractivity contribution >= 4 is 28.3 Å². The number of amides is 1. The molecule has 2 N–H and O–H groups in total. The number of anilines is 2. The van der Waals surface area contributed by atoms with Crippen LogP contribution in [0.2, 0.25) is 0 Å². The standard InChI is InChI=1S/C27H35N5O3/c1-19(17-28-20(2)33)21-7-9-22(10-8-21)31-27-23-15-26(25(34-3)16-24(23)29-18-30-27)35-14-6-13-32-11-4-5-12-32/h7-10,15-16,18-19H,4-6,11-14,17H2,1-3H3,(H,28,33)(H,29,30,31)/t19-/m1/s1. The van der Waals surface area contributed by atoms with Gasteiger partial charge in [-0.2, -0.15) is 0 Å². The fourth-order valence-electron chi connectivity index (χ4n) is 4.36. The molecule has 8 nitrogen and oxygen atoms in total. The molecule has 1 aromatic heterocycles. The maximum atomic E-state index is 11.2. The Morgan fingerprint density at radius 2 is 1.89 bits per heavy atom. The first-order chi connectivity index (χ1) is 17.0. The molecule has 0 saturated carbocycles. The summed E-state index contributed by atoms with van der Waals surface area (Å²) in [5, 5.41) is 7.14. The SMILES string of the molecule is COc1cc2ncnc(Nc3ccc([C@H](C)CNC(C)=O)cc3)c2cc1OCCCN1CCCC1. The van der Waals surface area contributed by atoms with E-state index >= 15 is 0 Å². The highest BCUT2D eigenvalue weighted by atomic mass is 16.5. The number of hydrogen-bond donors (Lipinski definition) is 2. The molecule has 2 heterocycles. The van der Waals surface area contributed by atoms with Gasteiger partial charge in [-0.25, -0.2) is 9.97 Å². The minimum atomic E-state index is -0.0163. The number of likely N-dealkylation sites (tertiary alicyclic amines) is 1. The lowest BCUT2D eigenvalue weighted by molar-refractivity contribution is -0.119. The molecule has 186 valence electrons. The van der Waals surface area contributed by atoms with Crippen LogP contribution in [0.25, 0.3) is 10.9 Å². The van der Waals surface area contributed by atoms with Crippen molar-refractivity contribution in [3.63, 3.8) is 0 Å². The monoisotopic (exact) mass is 477 g/mol. The summed E-state index contributed by atoms with van der Waals surface area (Å²) in [7, 11) is 1.65. The van der Waals surface area contributed by atoms with Crippen LogP contribution in [-0.2, 0) is 4.79 Å². The van der Waals surface area contributed by atoms with Gasteiger partial charge in [-0.15, -0.1) is 0 Å². The van der Waals surface area contributed by atoms with E-state index in [1.54, 1.807) is 13.4 Å². The Morgan fingerprint density at radius 1 is 1.11 bits per heavy atom. The van der Waals surface area contributed by atoms with Gasteiger partial charge in [-0.05, 0) is 62.0 Å². The molecular formula is C27H35N5O3. The summed E-state index contributed by atoms with van der Waals surface area (Å²) < 4.78 is 11.7. The largest absolute Gasteiger partial charge is 0.493 e. The van der Waals surface area contributed by atoms with Crippen molar-refractivity contribution < 1.29 is 14.3 Å². The zero-order chi connectivity index (χ0) is 24.6. The molecule has 0 radical (unpaired) electrons. The van der Waals surface area contributed by atoms with Gasteiger partial charge in [0.15, 0.2) is 11.5 Å². The van der Waals surface area contributed by atoms with E-state index in [-0.39, 0.29) is 11.8 Å². The van der Waals surface area contributed by atoms with Gasteiger partial charge in [-0.1, -0.05) is 19.1 Å². The Labute approximate surface area is 207 Å². The third-order valence-electron chi connectivity index (χ3n) is 6.40. The fraction of sp³-hybridized carbons (Fsp3) is 0.444. The van der Waals surface area contributed by atoms with E-state index in [1.807, 2.05) is 24.3 Å². The van der Waals surface area contributed by atoms with Crippen molar-refractivity contribution in [1.29, 1.82) is 0 Å². The number of carbonyl (C=O) groups is 1. The van der Waals surface area contributed by atoms with E-state index < -0.39 is 0 Å². The smallest absolute Gasteiger partial charge is 0.216 e. The predicted octanol–water partition coefficient (Wildman–Crippen LogP) is 4.49. The second kappa shape index (κ2) is 11.8. The van der Waals surface area contributed by atoms with Crippen LogP contribution in [0.15, 0.2) is 42.7 Å². The molecule has 0 bridgehead atoms. The Kier molecular flexibility index (Phi) is 8.36. The average Bonchev–Trinajstić information content (AvgIpc) is 3.39. The highest BCUT2D eigenvalue weighted by Gasteiger charge is 2.14. The van der Waals surface area contributed by atoms with Crippen LogP contribution in [0.1, 0.15) is 44.6 Å². The number of fused-ring (bicyclic) bond motifs is 1. The summed E-state index contributed by atoms with van der Waals surface area (Å²) in [6.07, 6.45) is 5.12. The molecule has 1 saturated heterocycles. The number of hydrogen-bond acceptors (Lipinski definition) is 7. The zero-order valence-electron chi connectivity index (χ0n) is 20.8. The first-order valence-electron chi connectivity index (χ1n) is 12.3. The molecule has 4 rings (SSSR count). The Morgan fingerprint density at radius 3 is 2.60 bits per heavy atom. The van der Waals surface area contributed by atoms with E-state index in [9.17, 15) is 4.79 Å². The summed E-state index contributed by atoms with van der Waals surface area (Å²) in [6.45, 7) is 8.32. The van der Waals surface area contributed by atoms with Crippen LogP contribution in [-0.4, -0.2) is 60.7 Å². The fourth-order valence-corrected chi connectivity index (χ4v) is 4.36. The third-order valence-corrected chi connectivity index (χ3v) is 6.40. The van der Waals surface area contributed by atoms with Crippen molar-refractivity contribution in [2.24, 2.45) is 0 Å². The van der Waals surface area contributed by atoms with Crippen LogP contribution in [0.3, 0.4) is 0 Å². The molecule has 0 unspecified atom stereocenters. The molecule has 8 heteroatoms. The van der Waals surface area contributed by atoms with Crippen LogP contribution >= 0.6 is 0 Å². The van der Waals surface area contributed by atoms with Crippen molar-refractivity contribution in [2.45, 2.75) is 39.0 Å². The van der Waals surface area contributed by atoms with Gasteiger partial charge in [0.1, 0.15) is 12.1 Å². The molecule has 1 aliphatic rings. The molecule has 1 atom stereocenters. The molecule has 35 heavy (non-hydrogen) atoms. The Hall–Kier alpha value is -3.39. The minimum Gasteiger partial charge on any atom is -0.493 e. The Balaban J connectivity index is 1.46. The molecule has 1 fully saturated rings. The van der Waals surface area contributed by atoms with Crippen LogP contribution < -0.4 is 20.1 Å². The van der Waals surface area contributed by atoms with Crippen molar-refractivity contribution in [2.75, 3.05) is 45.2 Å². The average molecular weight is 478 g/mol. The van der Waals surface area contributed by atoms with Crippen LogP contribution in [0.4, 0.5) is 11.5 Å². The second-order valence-electron chi connectivity index (χ2n) is 9.08. The minimum absolute atomic E-state index is 0.0163.